The van der Waals surface area contributed by atoms with Gasteiger partial charge >= 0.3 is 0 Å². The van der Waals surface area contributed by atoms with Crippen molar-refractivity contribution < 1.29 is 9.18 Å². The third kappa shape index (κ3) is 3.32. The molecule has 2 unspecified atom stereocenters. The van der Waals surface area contributed by atoms with E-state index in [2.05, 4.69) is 10.4 Å². The van der Waals surface area contributed by atoms with Gasteiger partial charge < -0.3 is 10.2 Å². The number of aryl methyl sites for hydroxylation is 1. The van der Waals surface area contributed by atoms with Crippen molar-refractivity contribution in [2.24, 2.45) is 0 Å². The Morgan fingerprint density at radius 2 is 1.96 bits per heavy atom. The van der Waals surface area contributed by atoms with Gasteiger partial charge in [-0.05, 0) is 56.5 Å². The Morgan fingerprint density at radius 1 is 1.21 bits per heavy atom. The van der Waals surface area contributed by atoms with Crippen LogP contribution in [0.1, 0.15) is 34.6 Å². The van der Waals surface area contributed by atoms with Crippen LogP contribution in [0.5, 0.6) is 0 Å². The topological polar surface area (TPSA) is 50.2 Å². The Morgan fingerprint density at radius 3 is 2.75 bits per heavy atom. The fraction of sp³-hybridized carbons (Fsp3) is 0.400. The molecule has 2 bridgehead atoms. The van der Waals surface area contributed by atoms with Crippen molar-refractivity contribution in [3.63, 3.8) is 0 Å². The maximum Gasteiger partial charge on any atom is 0.264 e. The lowest BCUT2D eigenvalue weighted by Crippen LogP contribution is -2.38. The van der Waals surface area contributed by atoms with E-state index in [1.807, 2.05) is 17.9 Å². The molecule has 2 saturated heterocycles. The lowest BCUT2D eigenvalue weighted by molar-refractivity contribution is 0.0753. The van der Waals surface area contributed by atoms with Gasteiger partial charge in [-0.2, -0.15) is 5.10 Å². The van der Waals surface area contributed by atoms with Gasteiger partial charge in [-0.1, -0.05) is 0 Å². The van der Waals surface area contributed by atoms with E-state index in [4.69, 9.17) is 0 Å². The first-order valence-corrected chi connectivity index (χ1v) is 10.2. The molecule has 148 valence electrons. The second kappa shape index (κ2) is 7.46. The van der Waals surface area contributed by atoms with E-state index in [0.29, 0.717) is 12.1 Å². The fourth-order valence-electron chi connectivity index (χ4n) is 4.19. The van der Waals surface area contributed by atoms with Crippen molar-refractivity contribution in [3.8, 4) is 5.69 Å². The van der Waals surface area contributed by atoms with E-state index in [1.165, 1.54) is 29.9 Å². The van der Waals surface area contributed by atoms with E-state index >= 15 is 0 Å². The zero-order valence-electron chi connectivity index (χ0n) is 15.5. The summed E-state index contributed by atoms with van der Waals surface area (Å²) in [6.07, 6.45) is 3.40. The van der Waals surface area contributed by atoms with Crippen LogP contribution in [0.3, 0.4) is 0 Å². The molecular weight excluding hydrogens is 399 g/mol. The van der Waals surface area contributed by atoms with Crippen molar-refractivity contribution >= 4 is 39.9 Å². The summed E-state index contributed by atoms with van der Waals surface area (Å²) >= 11 is 1.47. The number of nitrogens with one attached hydrogen (secondary N) is 1. The van der Waals surface area contributed by atoms with Crippen molar-refractivity contribution in [3.05, 3.63) is 46.7 Å². The first-order valence-electron chi connectivity index (χ1n) is 9.39. The molecular formula is C20H22ClFN4OS. The number of thiophene rings is 1. The van der Waals surface area contributed by atoms with Crippen LogP contribution >= 0.6 is 23.7 Å². The lowest BCUT2D eigenvalue weighted by atomic mass is 10.1. The average Bonchev–Trinajstić information content (AvgIpc) is 3.30. The summed E-state index contributed by atoms with van der Waals surface area (Å²) in [6, 6.07) is 9.21. The van der Waals surface area contributed by atoms with Crippen LogP contribution in [0.4, 0.5) is 4.39 Å². The van der Waals surface area contributed by atoms with Crippen molar-refractivity contribution in [1.29, 1.82) is 0 Å². The number of halogens is 2. The number of likely N-dealkylation sites (tertiary alicyclic amines) is 1. The van der Waals surface area contributed by atoms with Crippen LogP contribution in [0.2, 0.25) is 0 Å². The first kappa shape index (κ1) is 19.4. The number of amides is 1. The molecule has 2 atom stereocenters. The number of hydrogen-bond acceptors (Lipinski definition) is 4. The SMILES string of the molecule is Cc1nn(-c2ccc(F)cc2)c2sc(C(=O)N3CCC4CCC(C3)N4)cc12.Cl. The average molecular weight is 421 g/mol. The van der Waals surface area contributed by atoms with Crippen LogP contribution in [0, 0.1) is 12.7 Å². The standard InChI is InChI=1S/C20H21FN4OS.ClH/c1-12-17-10-18(19(26)24-9-8-14-4-5-15(11-24)22-14)27-20(17)25(23-12)16-6-2-13(21)3-7-16;/h2-3,6-7,10,14-15,22H,4-5,8-9,11H2,1H3;1H. The predicted octanol–water partition coefficient (Wildman–Crippen LogP) is 3.92. The lowest BCUT2D eigenvalue weighted by Gasteiger charge is -2.23. The second-order valence-electron chi connectivity index (χ2n) is 7.48. The summed E-state index contributed by atoms with van der Waals surface area (Å²) in [6.45, 7) is 3.54. The minimum absolute atomic E-state index is 0. The maximum absolute atomic E-state index is 13.3. The smallest absolute Gasteiger partial charge is 0.264 e. The molecule has 0 aliphatic carbocycles. The molecule has 2 aromatic heterocycles. The molecule has 1 N–H and O–H groups in total. The molecule has 2 aliphatic heterocycles. The number of carbonyl (C=O) groups excluding carboxylic acids is 1. The Labute approximate surface area is 172 Å². The van der Waals surface area contributed by atoms with Crippen LogP contribution < -0.4 is 5.32 Å². The molecule has 0 spiro atoms. The number of carbonyl (C=O) groups is 1. The minimum atomic E-state index is -0.273. The summed E-state index contributed by atoms with van der Waals surface area (Å²) in [4.78, 5) is 16.8. The van der Waals surface area contributed by atoms with Crippen LogP contribution in [0.25, 0.3) is 15.9 Å². The van der Waals surface area contributed by atoms with Crippen LogP contribution in [-0.2, 0) is 0 Å². The Balaban J connectivity index is 0.00000192. The molecule has 8 heteroatoms. The monoisotopic (exact) mass is 420 g/mol. The number of nitrogens with zero attached hydrogens (tertiary/aromatic N) is 3. The molecule has 0 radical (unpaired) electrons. The molecule has 1 aromatic carbocycles. The van der Waals surface area contributed by atoms with Gasteiger partial charge in [-0.25, -0.2) is 9.07 Å². The van der Waals surface area contributed by atoms with Gasteiger partial charge in [0.2, 0.25) is 0 Å². The van der Waals surface area contributed by atoms with E-state index in [0.717, 1.165) is 52.4 Å². The van der Waals surface area contributed by atoms with Crippen LogP contribution in [0.15, 0.2) is 30.3 Å². The Hall–Kier alpha value is -1.96. The predicted molar refractivity (Wildman–Crippen MR) is 111 cm³/mol. The number of benzene rings is 1. The molecule has 0 saturated carbocycles. The minimum Gasteiger partial charge on any atom is -0.336 e. The molecule has 28 heavy (non-hydrogen) atoms. The van der Waals surface area contributed by atoms with Gasteiger partial charge in [-0.3, -0.25) is 4.79 Å². The quantitative estimate of drug-likeness (QED) is 0.683. The van der Waals surface area contributed by atoms with E-state index in [-0.39, 0.29) is 24.1 Å². The first-order chi connectivity index (χ1) is 13.1. The van der Waals surface area contributed by atoms with Gasteiger partial charge in [0.1, 0.15) is 10.6 Å². The molecule has 3 aromatic rings. The largest absolute Gasteiger partial charge is 0.336 e. The summed E-state index contributed by atoms with van der Waals surface area (Å²) in [5, 5.41) is 9.19. The van der Waals surface area contributed by atoms with Crippen molar-refractivity contribution in [2.75, 3.05) is 13.1 Å². The highest BCUT2D eigenvalue weighted by atomic mass is 35.5. The normalized spacial score (nSPS) is 21.6. The van der Waals surface area contributed by atoms with Gasteiger partial charge in [0, 0.05) is 30.6 Å². The zero-order valence-corrected chi connectivity index (χ0v) is 17.2. The molecule has 2 aliphatic rings. The summed E-state index contributed by atoms with van der Waals surface area (Å²) in [7, 11) is 0. The molecule has 5 rings (SSSR count). The number of aromatic nitrogens is 2. The third-order valence-electron chi connectivity index (χ3n) is 5.64. The number of hydrogen-bond donors (Lipinski definition) is 1. The summed E-state index contributed by atoms with van der Waals surface area (Å²) < 4.78 is 15.1. The highest BCUT2D eigenvalue weighted by Gasteiger charge is 2.32. The van der Waals surface area contributed by atoms with E-state index < -0.39 is 0 Å². The fourth-order valence-corrected chi connectivity index (χ4v) is 5.34. The van der Waals surface area contributed by atoms with E-state index in [1.54, 1.807) is 16.8 Å². The maximum atomic E-state index is 13.3. The van der Waals surface area contributed by atoms with Crippen molar-refractivity contribution in [1.82, 2.24) is 20.0 Å². The van der Waals surface area contributed by atoms with Crippen molar-refractivity contribution in [2.45, 2.75) is 38.3 Å². The highest BCUT2D eigenvalue weighted by Crippen LogP contribution is 2.32. The van der Waals surface area contributed by atoms with Gasteiger partial charge in [0.05, 0.1) is 16.3 Å². The highest BCUT2D eigenvalue weighted by molar-refractivity contribution is 7.20. The van der Waals surface area contributed by atoms with Gasteiger partial charge in [0.25, 0.3) is 5.91 Å². The molecule has 1 amide bonds. The van der Waals surface area contributed by atoms with Crippen LogP contribution in [-0.4, -0.2) is 45.8 Å². The summed E-state index contributed by atoms with van der Waals surface area (Å²) in [5.41, 5.74) is 1.67. The Bertz CT molecular complexity index is 1020. The van der Waals surface area contributed by atoms with Gasteiger partial charge in [-0.15, -0.1) is 23.7 Å². The number of rotatable bonds is 2. The molecule has 2 fully saturated rings. The number of fused-ring (bicyclic) bond motifs is 3. The molecule has 5 nitrogen and oxygen atoms in total. The molecule has 4 heterocycles. The van der Waals surface area contributed by atoms with E-state index in [9.17, 15) is 9.18 Å². The Kier molecular flexibility index (Phi) is 5.16. The second-order valence-corrected chi connectivity index (χ2v) is 8.51. The third-order valence-corrected chi connectivity index (χ3v) is 6.74. The zero-order chi connectivity index (χ0) is 18.5. The summed E-state index contributed by atoms with van der Waals surface area (Å²) in [5.74, 6) is -0.166. The van der Waals surface area contributed by atoms with Gasteiger partial charge in [0.15, 0.2) is 0 Å².